The number of carbonyl (C=O) groups excluding carboxylic acids is 1. The molecule has 0 fully saturated rings. The minimum atomic E-state index is -0.464. The number of aliphatic hydroxyl groups excluding tert-OH is 1. The van der Waals surface area contributed by atoms with Crippen LogP contribution in [0.5, 0.6) is 0 Å². The molecule has 1 unspecified atom stereocenters. The number of hydrogen-bond acceptors (Lipinski definition) is 5. The molecule has 0 spiro atoms. The van der Waals surface area contributed by atoms with Gasteiger partial charge in [0.1, 0.15) is 0 Å². The second-order valence-corrected chi connectivity index (χ2v) is 4.19. The van der Waals surface area contributed by atoms with Crippen LogP contribution < -0.4 is 5.32 Å². The Morgan fingerprint density at radius 1 is 1.45 bits per heavy atom. The standard InChI is InChI=1S/C13H16N4O3/c1-20-9-10(8-18)14-13(19)12-7-17(16-15-12)11-5-3-2-4-6-11/h2-7,10,18H,8-9H2,1H3,(H,14,19). The second kappa shape index (κ2) is 6.78. The van der Waals surface area contributed by atoms with Gasteiger partial charge in [-0.15, -0.1) is 5.10 Å². The Balaban J connectivity index is 2.07. The van der Waals surface area contributed by atoms with Gasteiger partial charge in [-0.3, -0.25) is 4.79 Å². The molecule has 0 saturated carbocycles. The molecule has 1 heterocycles. The lowest BCUT2D eigenvalue weighted by atomic mass is 10.3. The molecule has 7 nitrogen and oxygen atoms in total. The highest BCUT2D eigenvalue weighted by Crippen LogP contribution is 2.05. The lowest BCUT2D eigenvalue weighted by Crippen LogP contribution is -2.40. The van der Waals surface area contributed by atoms with Gasteiger partial charge in [0.2, 0.25) is 0 Å². The number of benzene rings is 1. The molecule has 2 aromatic rings. The van der Waals surface area contributed by atoms with E-state index in [1.54, 1.807) is 0 Å². The maximum absolute atomic E-state index is 11.9. The van der Waals surface area contributed by atoms with Gasteiger partial charge in [-0.2, -0.15) is 0 Å². The van der Waals surface area contributed by atoms with Crippen LogP contribution >= 0.6 is 0 Å². The van der Waals surface area contributed by atoms with Gasteiger partial charge in [0, 0.05) is 7.11 Å². The van der Waals surface area contributed by atoms with Crippen LogP contribution in [0.4, 0.5) is 0 Å². The summed E-state index contributed by atoms with van der Waals surface area (Å²) in [6, 6.07) is 8.89. The summed E-state index contributed by atoms with van der Waals surface area (Å²) in [5, 5.41) is 19.4. The zero-order chi connectivity index (χ0) is 14.4. The van der Waals surface area contributed by atoms with Crippen LogP contribution in [0.25, 0.3) is 5.69 Å². The van der Waals surface area contributed by atoms with E-state index in [2.05, 4.69) is 15.6 Å². The summed E-state index contributed by atoms with van der Waals surface area (Å²) in [5.41, 5.74) is 0.998. The Labute approximate surface area is 116 Å². The van der Waals surface area contributed by atoms with E-state index in [4.69, 9.17) is 9.84 Å². The van der Waals surface area contributed by atoms with Crippen molar-refractivity contribution in [2.75, 3.05) is 20.3 Å². The third-order valence-electron chi connectivity index (χ3n) is 2.67. The van der Waals surface area contributed by atoms with Crippen molar-refractivity contribution in [2.45, 2.75) is 6.04 Å². The van der Waals surface area contributed by atoms with Gasteiger partial charge in [-0.1, -0.05) is 23.4 Å². The van der Waals surface area contributed by atoms with E-state index in [1.165, 1.54) is 18.0 Å². The number of nitrogens with zero attached hydrogens (tertiary/aromatic N) is 3. The quantitative estimate of drug-likeness (QED) is 0.775. The van der Waals surface area contributed by atoms with Crippen LogP contribution in [0.3, 0.4) is 0 Å². The van der Waals surface area contributed by atoms with Gasteiger partial charge in [0.15, 0.2) is 5.69 Å². The van der Waals surface area contributed by atoms with Crippen LogP contribution in [0.2, 0.25) is 0 Å². The molecular formula is C13H16N4O3. The number of methoxy groups -OCH3 is 1. The molecule has 0 aliphatic carbocycles. The minimum absolute atomic E-state index is 0.184. The summed E-state index contributed by atoms with van der Waals surface area (Å²) in [5.74, 6) is -0.400. The molecule has 1 aromatic heterocycles. The molecule has 1 amide bonds. The molecule has 20 heavy (non-hydrogen) atoms. The molecule has 0 aliphatic heterocycles. The Morgan fingerprint density at radius 2 is 2.20 bits per heavy atom. The van der Waals surface area contributed by atoms with E-state index in [0.29, 0.717) is 0 Å². The van der Waals surface area contributed by atoms with Crippen molar-refractivity contribution in [1.29, 1.82) is 0 Å². The lowest BCUT2D eigenvalue weighted by molar-refractivity contribution is 0.0835. The first-order valence-electron chi connectivity index (χ1n) is 6.13. The van der Waals surface area contributed by atoms with Crippen LogP contribution in [0.1, 0.15) is 10.5 Å². The fraction of sp³-hybridized carbons (Fsp3) is 0.308. The van der Waals surface area contributed by atoms with Crippen molar-refractivity contribution in [2.24, 2.45) is 0 Å². The molecule has 0 aliphatic rings. The zero-order valence-electron chi connectivity index (χ0n) is 11.1. The number of carbonyl (C=O) groups is 1. The fourth-order valence-electron chi connectivity index (χ4n) is 1.68. The molecule has 0 radical (unpaired) electrons. The lowest BCUT2D eigenvalue weighted by Gasteiger charge is -2.13. The van der Waals surface area contributed by atoms with Crippen molar-refractivity contribution in [3.63, 3.8) is 0 Å². The van der Waals surface area contributed by atoms with Gasteiger partial charge < -0.3 is 15.2 Å². The average molecular weight is 276 g/mol. The van der Waals surface area contributed by atoms with Gasteiger partial charge >= 0.3 is 0 Å². The number of rotatable bonds is 6. The van der Waals surface area contributed by atoms with Crippen molar-refractivity contribution >= 4 is 5.91 Å². The molecule has 0 bridgehead atoms. The van der Waals surface area contributed by atoms with Crippen LogP contribution in [-0.4, -0.2) is 52.4 Å². The largest absolute Gasteiger partial charge is 0.394 e. The topological polar surface area (TPSA) is 89.3 Å². The van der Waals surface area contributed by atoms with Crippen LogP contribution in [-0.2, 0) is 4.74 Å². The Hall–Kier alpha value is -2.25. The molecule has 7 heteroatoms. The maximum Gasteiger partial charge on any atom is 0.273 e. The van der Waals surface area contributed by atoms with Gasteiger partial charge in [-0.25, -0.2) is 4.68 Å². The number of amides is 1. The molecule has 106 valence electrons. The first-order chi connectivity index (χ1) is 9.74. The molecule has 1 atom stereocenters. The summed E-state index contributed by atoms with van der Waals surface area (Å²) in [7, 11) is 1.50. The number of para-hydroxylation sites is 1. The number of aliphatic hydroxyl groups is 1. The van der Waals surface area contributed by atoms with E-state index >= 15 is 0 Å². The first-order valence-corrected chi connectivity index (χ1v) is 6.13. The molecule has 2 N–H and O–H groups in total. The monoisotopic (exact) mass is 276 g/mol. The number of nitrogens with one attached hydrogen (secondary N) is 1. The average Bonchev–Trinajstić information content (AvgIpc) is 2.97. The third-order valence-corrected chi connectivity index (χ3v) is 2.67. The van der Waals surface area contributed by atoms with Crippen LogP contribution in [0.15, 0.2) is 36.5 Å². The maximum atomic E-state index is 11.9. The van der Waals surface area contributed by atoms with Gasteiger partial charge in [0.05, 0.1) is 31.1 Å². The Kier molecular flexibility index (Phi) is 4.80. The zero-order valence-corrected chi connectivity index (χ0v) is 11.1. The van der Waals surface area contributed by atoms with E-state index in [0.717, 1.165) is 5.69 Å². The third kappa shape index (κ3) is 3.40. The Morgan fingerprint density at radius 3 is 2.85 bits per heavy atom. The van der Waals surface area contributed by atoms with Gasteiger partial charge in [-0.05, 0) is 12.1 Å². The summed E-state index contributed by atoms with van der Waals surface area (Å²) in [6.07, 6.45) is 1.53. The number of ether oxygens (including phenoxy) is 1. The normalized spacial score (nSPS) is 12.1. The van der Waals surface area contributed by atoms with E-state index in [1.807, 2.05) is 30.3 Å². The van der Waals surface area contributed by atoms with Crippen molar-refractivity contribution in [3.05, 3.63) is 42.2 Å². The summed E-state index contributed by atoms with van der Waals surface area (Å²) in [4.78, 5) is 11.9. The Bertz CT molecular complexity index is 556. The van der Waals surface area contributed by atoms with E-state index < -0.39 is 11.9 Å². The SMILES string of the molecule is COCC(CO)NC(=O)c1cn(-c2ccccc2)nn1. The van der Waals surface area contributed by atoms with E-state index in [-0.39, 0.29) is 18.9 Å². The minimum Gasteiger partial charge on any atom is -0.394 e. The molecule has 2 rings (SSSR count). The highest BCUT2D eigenvalue weighted by molar-refractivity contribution is 5.92. The summed E-state index contributed by atoms with van der Waals surface area (Å²) >= 11 is 0. The second-order valence-electron chi connectivity index (χ2n) is 4.19. The predicted molar refractivity (Wildman–Crippen MR) is 71.6 cm³/mol. The predicted octanol–water partition coefficient (Wildman–Crippen LogP) is 0.00440. The molecular weight excluding hydrogens is 260 g/mol. The highest BCUT2D eigenvalue weighted by Gasteiger charge is 2.16. The first kappa shape index (κ1) is 14.2. The van der Waals surface area contributed by atoms with Crippen LogP contribution in [0, 0.1) is 0 Å². The van der Waals surface area contributed by atoms with Gasteiger partial charge in [0.25, 0.3) is 5.91 Å². The van der Waals surface area contributed by atoms with Crippen molar-refractivity contribution in [1.82, 2.24) is 20.3 Å². The highest BCUT2D eigenvalue weighted by atomic mass is 16.5. The fourth-order valence-corrected chi connectivity index (χ4v) is 1.68. The number of aromatic nitrogens is 3. The summed E-state index contributed by atoms with van der Waals surface area (Å²) < 4.78 is 6.40. The molecule has 0 saturated heterocycles. The van der Waals surface area contributed by atoms with Crippen molar-refractivity contribution < 1.29 is 14.6 Å². The van der Waals surface area contributed by atoms with E-state index in [9.17, 15) is 4.79 Å². The number of hydrogen-bond donors (Lipinski definition) is 2. The summed E-state index contributed by atoms with van der Waals surface area (Å²) in [6.45, 7) is 0.0292. The molecule has 1 aromatic carbocycles. The smallest absolute Gasteiger partial charge is 0.273 e. The van der Waals surface area contributed by atoms with Crippen molar-refractivity contribution in [3.8, 4) is 5.69 Å².